The Morgan fingerprint density at radius 1 is 0.900 bits per heavy atom. The maximum absolute atomic E-state index is 11.8. The van der Waals surface area contributed by atoms with E-state index in [1.807, 2.05) is 69.2 Å². The first-order chi connectivity index (χ1) is 13.3. The van der Waals surface area contributed by atoms with E-state index in [4.69, 9.17) is 14.6 Å². The lowest BCUT2D eigenvalue weighted by atomic mass is 9.82. The fourth-order valence-corrected chi connectivity index (χ4v) is 3.84. The first-order valence-corrected chi connectivity index (χ1v) is 10.5. The number of likely N-dealkylation sites (tertiary alicyclic amines) is 2. The molecule has 2 aliphatic rings. The molecule has 8 heteroatoms. The third-order valence-corrected chi connectivity index (χ3v) is 4.99. The van der Waals surface area contributed by atoms with Crippen LogP contribution in [-0.2, 0) is 14.3 Å². The fourth-order valence-electron chi connectivity index (χ4n) is 3.84. The Bertz CT molecular complexity index is 645. The van der Waals surface area contributed by atoms with Crippen molar-refractivity contribution >= 4 is 18.5 Å². The van der Waals surface area contributed by atoms with Gasteiger partial charge in [-0.1, -0.05) is 0 Å². The van der Waals surface area contributed by atoms with Gasteiger partial charge in [-0.3, -0.25) is 9.80 Å². The van der Waals surface area contributed by atoms with Crippen molar-refractivity contribution in [2.45, 2.75) is 116 Å². The first-order valence-electron chi connectivity index (χ1n) is 10.5. The van der Waals surface area contributed by atoms with Crippen molar-refractivity contribution < 1.29 is 29.0 Å². The minimum Gasteiger partial charge on any atom is -0.444 e. The van der Waals surface area contributed by atoms with Gasteiger partial charge in [-0.2, -0.15) is 0 Å². The van der Waals surface area contributed by atoms with E-state index in [9.17, 15) is 14.4 Å². The smallest absolute Gasteiger partial charge is 0.411 e. The van der Waals surface area contributed by atoms with Crippen LogP contribution in [0.2, 0.25) is 0 Å². The van der Waals surface area contributed by atoms with Gasteiger partial charge in [0.05, 0.1) is 18.7 Å². The monoisotopic (exact) mass is 428 g/mol. The van der Waals surface area contributed by atoms with Crippen LogP contribution < -0.4 is 0 Å². The minimum atomic E-state index is -0.518. The van der Waals surface area contributed by atoms with Gasteiger partial charge in [0.2, 0.25) is 0 Å². The molecule has 8 nitrogen and oxygen atoms in total. The third-order valence-electron chi connectivity index (χ3n) is 4.99. The van der Waals surface area contributed by atoms with E-state index >= 15 is 0 Å². The lowest BCUT2D eigenvalue weighted by Gasteiger charge is -2.53. The van der Waals surface area contributed by atoms with Gasteiger partial charge in [0, 0.05) is 11.1 Å². The van der Waals surface area contributed by atoms with Gasteiger partial charge >= 0.3 is 12.2 Å². The van der Waals surface area contributed by atoms with Gasteiger partial charge in [-0.25, -0.2) is 9.59 Å². The molecule has 0 aromatic heterocycles. The maximum Gasteiger partial charge on any atom is 0.411 e. The number of amides is 2. The molecule has 1 N–H and O–H groups in total. The largest absolute Gasteiger partial charge is 0.444 e. The number of carbonyl (C=O) groups is 3. The highest BCUT2D eigenvalue weighted by atomic mass is 16.6. The van der Waals surface area contributed by atoms with Crippen molar-refractivity contribution in [2.75, 3.05) is 6.61 Å². The van der Waals surface area contributed by atoms with Crippen LogP contribution in [0, 0.1) is 0 Å². The maximum atomic E-state index is 11.8. The van der Waals surface area contributed by atoms with Crippen molar-refractivity contribution in [3.8, 4) is 0 Å². The van der Waals surface area contributed by atoms with Gasteiger partial charge in [0.1, 0.15) is 17.5 Å². The summed E-state index contributed by atoms with van der Waals surface area (Å²) in [6.07, 6.45) is 1.59. The molecule has 0 aromatic carbocycles. The van der Waals surface area contributed by atoms with Crippen molar-refractivity contribution in [2.24, 2.45) is 0 Å². The van der Waals surface area contributed by atoms with Gasteiger partial charge in [0.25, 0.3) is 0 Å². The quantitative estimate of drug-likeness (QED) is 0.673. The number of nitrogens with zero attached hydrogens (tertiary/aromatic N) is 2. The molecule has 0 spiro atoms. The van der Waals surface area contributed by atoms with E-state index in [-0.39, 0.29) is 35.9 Å². The highest BCUT2D eigenvalue weighted by Crippen LogP contribution is 2.37. The molecule has 2 saturated heterocycles. The Hall–Kier alpha value is -1.83. The Kier molecular flexibility index (Phi) is 7.63. The van der Waals surface area contributed by atoms with Crippen LogP contribution in [0.15, 0.2) is 0 Å². The van der Waals surface area contributed by atoms with E-state index in [0.29, 0.717) is 6.42 Å². The summed E-state index contributed by atoms with van der Waals surface area (Å²) in [5.74, 6) is 0. The van der Waals surface area contributed by atoms with Crippen LogP contribution in [-0.4, -0.2) is 74.3 Å². The number of hydrogen-bond donors (Lipinski definition) is 1. The number of aliphatic hydroxyl groups excluding tert-OH is 1. The lowest BCUT2D eigenvalue weighted by molar-refractivity contribution is -0.125. The zero-order valence-electron chi connectivity index (χ0n) is 20.2. The molecule has 2 aliphatic heterocycles. The molecule has 30 heavy (non-hydrogen) atoms. The highest BCUT2D eigenvalue weighted by molar-refractivity contribution is 5.77. The highest BCUT2D eigenvalue weighted by Gasteiger charge is 2.50. The Morgan fingerprint density at radius 2 is 1.30 bits per heavy atom. The second-order valence-corrected chi connectivity index (χ2v) is 11.3. The molecule has 2 amide bonds. The Morgan fingerprint density at radius 3 is 1.60 bits per heavy atom. The van der Waals surface area contributed by atoms with Gasteiger partial charge in [-0.15, -0.1) is 0 Å². The molecule has 2 unspecified atom stereocenters. The number of ether oxygens (including phenoxy) is 2. The summed E-state index contributed by atoms with van der Waals surface area (Å²) >= 11 is 0. The summed E-state index contributed by atoms with van der Waals surface area (Å²) in [5.41, 5.74) is -1.47. The summed E-state index contributed by atoms with van der Waals surface area (Å²) in [4.78, 5) is 37.4. The van der Waals surface area contributed by atoms with Crippen LogP contribution in [0.5, 0.6) is 0 Å². The molecule has 0 saturated carbocycles. The van der Waals surface area contributed by atoms with Crippen molar-refractivity contribution in [1.82, 2.24) is 9.80 Å². The van der Waals surface area contributed by atoms with Gasteiger partial charge in [-0.05, 0) is 82.1 Å². The molecule has 2 fully saturated rings. The number of rotatable bonds is 2. The summed E-state index contributed by atoms with van der Waals surface area (Å²) in [6.45, 7) is 18.8. The molecular weight excluding hydrogens is 388 g/mol. The summed E-state index contributed by atoms with van der Waals surface area (Å²) in [5, 5.41) is 9.09. The number of aldehydes is 1. The second kappa shape index (κ2) is 8.73. The fraction of sp³-hybridized carbons (Fsp3) is 0.864. The molecule has 2 atom stereocenters. The van der Waals surface area contributed by atoms with Crippen LogP contribution >= 0.6 is 0 Å². The Labute approximate surface area is 180 Å². The first kappa shape index (κ1) is 26.2. The molecular formula is C22H40N2O6. The molecule has 0 aromatic rings. The summed E-state index contributed by atoms with van der Waals surface area (Å²) < 4.78 is 10.5. The number of hydrogen-bond acceptors (Lipinski definition) is 6. The van der Waals surface area contributed by atoms with E-state index in [2.05, 4.69) is 0 Å². The lowest BCUT2D eigenvalue weighted by Crippen LogP contribution is -2.66. The van der Waals surface area contributed by atoms with Gasteiger partial charge < -0.3 is 19.4 Å². The summed E-state index contributed by atoms with van der Waals surface area (Å²) in [7, 11) is 0. The predicted octanol–water partition coefficient (Wildman–Crippen LogP) is 3.74. The Balaban J connectivity index is 0.000000300. The van der Waals surface area contributed by atoms with Crippen molar-refractivity contribution in [1.29, 1.82) is 0 Å². The molecule has 0 bridgehead atoms. The predicted molar refractivity (Wildman–Crippen MR) is 114 cm³/mol. The zero-order chi connectivity index (χ0) is 23.7. The standard InChI is InChI=1S/C11H21NO3.C11H19NO3/c2*1-10(2,3)15-9(14)12-8(7-13)6-11(12,4)5/h8,13H,6-7H2,1-5H3;7-8H,6H2,1-5H3. The SMILES string of the molecule is CC(C)(C)OC(=O)N1C(C=O)CC1(C)C.CC(C)(C)OC(=O)N1C(CO)CC1(C)C. The normalized spacial score (nSPS) is 24.5. The number of carbonyl (C=O) groups excluding carboxylic acids is 3. The van der Waals surface area contributed by atoms with Crippen LogP contribution in [0.25, 0.3) is 0 Å². The second-order valence-electron chi connectivity index (χ2n) is 11.3. The molecule has 174 valence electrons. The minimum absolute atomic E-state index is 0.00265. The molecule has 0 radical (unpaired) electrons. The molecule has 2 rings (SSSR count). The van der Waals surface area contributed by atoms with E-state index < -0.39 is 17.3 Å². The van der Waals surface area contributed by atoms with Crippen LogP contribution in [0.3, 0.4) is 0 Å². The summed E-state index contributed by atoms with van der Waals surface area (Å²) in [6, 6.07) is -0.412. The van der Waals surface area contributed by atoms with Crippen LogP contribution in [0.1, 0.15) is 82.1 Å². The van der Waals surface area contributed by atoms with Crippen LogP contribution in [0.4, 0.5) is 9.59 Å². The molecule has 2 heterocycles. The average Bonchev–Trinajstić information content (AvgIpc) is 2.47. The van der Waals surface area contributed by atoms with E-state index in [1.165, 1.54) is 4.90 Å². The number of aliphatic hydroxyl groups is 1. The van der Waals surface area contributed by atoms with Crippen molar-refractivity contribution in [3.05, 3.63) is 0 Å². The van der Waals surface area contributed by atoms with E-state index in [0.717, 1.165) is 12.7 Å². The average molecular weight is 429 g/mol. The molecule has 0 aliphatic carbocycles. The van der Waals surface area contributed by atoms with E-state index in [1.54, 1.807) is 4.90 Å². The topological polar surface area (TPSA) is 96.4 Å². The van der Waals surface area contributed by atoms with Gasteiger partial charge in [0.15, 0.2) is 0 Å². The third kappa shape index (κ3) is 6.59. The van der Waals surface area contributed by atoms with Crippen molar-refractivity contribution in [3.63, 3.8) is 0 Å². The zero-order valence-corrected chi connectivity index (χ0v) is 20.2.